The van der Waals surface area contributed by atoms with Gasteiger partial charge >= 0.3 is 5.97 Å². The Bertz CT molecular complexity index is 432. The minimum atomic E-state index is -0.838. The van der Waals surface area contributed by atoms with E-state index >= 15 is 0 Å². The summed E-state index contributed by atoms with van der Waals surface area (Å²) in [5.41, 5.74) is 0.344. The molecule has 2 unspecified atom stereocenters. The lowest BCUT2D eigenvalue weighted by Crippen LogP contribution is -2.34. The monoisotopic (exact) mass is 269 g/mol. The lowest BCUT2D eigenvalue weighted by molar-refractivity contribution is -0.136. The molecular weight excluding hydrogens is 250 g/mol. The van der Waals surface area contributed by atoms with Crippen molar-refractivity contribution in [3.05, 3.63) is 16.1 Å². The van der Waals surface area contributed by atoms with E-state index < -0.39 is 5.97 Å². The molecular formula is C13H19NO3S. The van der Waals surface area contributed by atoms with Gasteiger partial charge in [-0.1, -0.05) is 13.3 Å². The zero-order valence-electron chi connectivity index (χ0n) is 10.8. The Kier molecular flexibility index (Phi) is 4.02. The van der Waals surface area contributed by atoms with Crippen LogP contribution in [0.4, 0.5) is 0 Å². The van der Waals surface area contributed by atoms with Crippen molar-refractivity contribution in [2.45, 2.75) is 44.6 Å². The number of methoxy groups -OCH3 is 1. The number of carboxylic acid groups (broad SMARTS) is 1. The second kappa shape index (κ2) is 5.36. The van der Waals surface area contributed by atoms with Gasteiger partial charge in [0.15, 0.2) is 0 Å². The second-order valence-electron chi connectivity index (χ2n) is 5.11. The van der Waals surface area contributed by atoms with E-state index in [0.29, 0.717) is 11.6 Å². The molecule has 1 aromatic heterocycles. The van der Waals surface area contributed by atoms with Gasteiger partial charge in [0.2, 0.25) is 0 Å². The van der Waals surface area contributed by atoms with E-state index in [4.69, 9.17) is 9.84 Å². The standard InChI is InChI=1S/C13H19NO3S/c1-9-4-3-5-13(7-9,17-2)12-14-10(8-18-12)6-11(15)16/h8-9H,3-7H2,1-2H3,(H,15,16). The Labute approximate surface area is 111 Å². The highest BCUT2D eigenvalue weighted by molar-refractivity contribution is 7.09. The summed E-state index contributed by atoms with van der Waals surface area (Å²) >= 11 is 1.52. The fourth-order valence-corrected chi connectivity index (χ4v) is 3.76. The van der Waals surface area contributed by atoms with Crippen LogP contribution < -0.4 is 0 Å². The third-order valence-electron chi connectivity index (χ3n) is 3.62. The number of aliphatic carboxylic acids is 1. The van der Waals surface area contributed by atoms with Crippen LogP contribution in [0.15, 0.2) is 5.38 Å². The van der Waals surface area contributed by atoms with E-state index in [1.54, 1.807) is 7.11 Å². The number of rotatable bonds is 4. The van der Waals surface area contributed by atoms with E-state index in [1.807, 2.05) is 5.38 Å². The molecule has 0 aromatic carbocycles. The van der Waals surface area contributed by atoms with Crippen LogP contribution in [-0.2, 0) is 21.6 Å². The molecule has 0 aliphatic heterocycles. The average Bonchev–Trinajstić information content (AvgIpc) is 2.77. The predicted octanol–water partition coefficient (Wildman–Crippen LogP) is 2.82. The molecule has 0 spiro atoms. The van der Waals surface area contributed by atoms with Crippen LogP contribution in [0, 0.1) is 5.92 Å². The summed E-state index contributed by atoms with van der Waals surface area (Å²) in [6.45, 7) is 2.23. The third kappa shape index (κ3) is 2.72. The fraction of sp³-hybridized carbons (Fsp3) is 0.692. The lowest BCUT2D eigenvalue weighted by atomic mass is 9.79. The van der Waals surface area contributed by atoms with E-state index in [0.717, 1.165) is 24.3 Å². The van der Waals surface area contributed by atoms with Gasteiger partial charge < -0.3 is 9.84 Å². The molecule has 2 rings (SSSR count). The minimum absolute atomic E-state index is 0.00809. The van der Waals surface area contributed by atoms with Crippen LogP contribution in [0.2, 0.25) is 0 Å². The van der Waals surface area contributed by atoms with Gasteiger partial charge in [0, 0.05) is 12.5 Å². The van der Waals surface area contributed by atoms with Crippen LogP contribution in [0.1, 0.15) is 43.3 Å². The zero-order chi connectivity index (χ0) is 13.2. The van der Waals surface area contributed by atoms with Crippen molar-refractivity contribution in [2.24, 2.45) is 5.92 Å². The van der Waals surface area contributed by atoms with E-state index in [9.17, 15) is 4.79 Å². The van der Waals surface area contributed by atoms with Crippen molar-refractivity contribution in [3.63, 3.8) is 0 Å². The number of carbonyl (C=O) groups is 1. The molecule has 1 aromatic rings. The first-order chi connectivity index (χ1) is 8.55. The van der Waals surface area contributed by atoms with Gasteiger partial charge in [0.25, 0.3) is 0 Å². The smallest absolute Gasteiger partial charge is 0.309 e. The summed E-state index contributed by atoms with van der Waals surface area (Å²) < 4.78 is 5.75. The molecule has 18 heavy (non-hydrogen) atoms. The maximum absolute atomic E-state index is 10.7. The molecule has 1 aliphatic rings. The number of carboxylic acids is 1. The Hall–Kier alpha value is -0.940. The maximum Gasteiger partial charge on any atom is 0.309 e. The Morgan fingerprint density at radius 3 is 3.11 bits per heavy atom. The highest BCUT2D eigenvalue weighted by Gasteiger charge is 2.39. The number of hydrogen-bond donors (Lipinski definition) is 1. The number of hydrogen-bond acceptors (Lipinski definition) is 4. The largest absolute Gasteiger partial charge is 0.481 e. The van der Waals surface area contributed by atoms with Crippen molar-refractivity contribution >= 4 is 17.3 Å². The van der Waals surface area contributed by atoms with E-state index in [2.05, 4.69) is 11.9 Å². The average molecular weight is 269 g/mol. The van der Waals surface area contributed by atoms with E-state index in [-0.39, 0.29) is 12.0 Å². The quantitative estimate of drug-likeness (QED) is 0.913. The van der Waals surface area contributed by atoms with Crippen LogP contribution in [0.5, 0.6) is 0 Å². The first-order valence-electron chi connectivity index (χ1n) is 6.27. The second-order valence-corrected chi connectivity index (χ2v) is 5.97. The molecule has 100 valence electrons. The molecule has 1 saturated carbocycles. The fourth-order valence-electron chi connectivity index (χ4n) is 2.72. The van der Waals surface area contributed by atoms with E-state index in [1.165, 1.54) is 17.8 Å². The topological polar surface area (TPSA) is 59.4 Å². The number of thiazole rings is 1. The van der Waals surface area contributed by atoms with Gasteiger partial charge in [-0.2, -0.15) is 0 Å². The van der Waals surface area contributed by atoms with Crippen molar-refractivity contribution in [1.82, 2.24) is 4.98 Å². The van der Waals surface area contributed by atoms with Crippen molar-refractivity contribution in [1.29, 1.82) is 0 Å². The highest BCUT2D eigenvalue weighted by Crippen LogP contribution is 2.43. The van der Waals surface area contributed by atoms with Crippen molar-refractivity contribution in [3.8, 4) is 0 Å². The summed E-state index contributed by atoms with van der Waals surface area (Å²) in [5, 5.41) is 11.6. The molecule has 1 aliphatic carbocycles. The van der Waals surface area contributed by atoms with Gasteiger partial charge in [-0.15, -0.1) is 11.3 Å². The summed E-state index contributed by atoms with van der Waals surface area (Å²) in [4.78, 5) is 15.2. The van der Waals surface area contributed by atoms with Crippen LogP contribution >= 0.6 is 11.3 Å². The molecule has 0 bridgehead atoms. The number of ether oxygens (including phenoxy) is 1. The molecule has 1 fully saturated rings. The van der Waals surface area contributed by atoms with Crippen LogP contribution in [-0.4, -0.2) is 23.2 Å². The van der Waals surface area contributed by atoms with Crippen LogP contribution in [0.25, 0.3) is 0 Å². The van der Waals surface area contributed by atoms with Crippen molar-refractivity contribution in [2.75, 3.05) is 7.11 Å². The first kappa shape index (κ1) is 13.5. The molecule has 1 heterocycles. The summed E-state index contributed by atoms with van der Waals surface area (Å²) in [7, 11) is 1.73. The Morgan fingerprint density at radius 1 is 1.72 bits per heavy atom. The molecule has 0 saturated heterocycles. The molecule has 1 N–H and O–H groups in total. The normalized spacial score (nSPS) is 28.2. The predicted molar refractivity (Wildman–Crippen MR) is 69.8 cm³/mol. The maximum atomic E-state index is 10.7. The summed E-state index contributed by atoms with van der Waals surface area (Å²) in [6.07, 6.45) is 4.32. The highest BCUT2D eigenvalue weighted by atomic mass is 32.1. The molecule has 0 radical (unpaired) electrons. The first-order valence-corrected chi connectivity index (χ1v) is 7.15. The summed E-state index contributed by atoms with van der Waals surface area (Å²) in [5.74, 6) is -0.208. The Balaban J connectivity index is 2.21. The molecule has 2 atom stereocenters. The summed E-state index contributed by atoms with van der Waals surface area (Å²) in [6, 6.07) is 0. The van der Waals surface area contributed by atoms with Gasteiger partial charge in [-0.25, -0.2) is 4.98 Å². The number of nitrogens with zero attached hydrogens (tertiary/aromatic N) is 1. The van der Waals surface area contributed by atoms with Gasteiger partial charge in [-0.05, 0) is 25.2 Å². The SMILES string of the molecule is COC1(c2nc(CC(=O)O)cs2)CCCC(C)C1. The lowest BCUT2D eigenvalue weighted by Gasteiger charge is -2.37. The molecule has 4 nitrogen and oxygen atoms in total. The van der Waals surface area contributed by atoms with Gasteiger partial charge in [-0.3, -0.25) is 4.79 Å². The third-order valence-corrected chi connectivity index (χ3v) is 4.70. The minimum Gasteiger partial charge on any atom is -0.481 e. The Morgan fingerprint density at radius 2 is 2.50 bits per heavy atom. The van der Waals surface area contributed by atoms with Gasteiger partial charge in [0.05, 0.1) is 12.1 Å². The van der Waals surface area contributed by atoms with Gasteiger partial charge in [0.1, 0.15) is 10.6 Å². The molecule has 5 heteroatoms. The van der Waals surface area contributed by atoms with Crippen molar-refractivity contribution < 1.29 is 14.6 Å². The van der Waals surface area contributed by atoms with Crippen LogP contribution in [0.3, 0.4) is 0 Å². The number of aromatic nitrogens is 1. The zero-order valence-corrected chi connectivity index (χ0v) is 11.6. The molecule has 0 amide bonds.